The average Bonchev–Trinajstić information content (AvgIpc) is 3.51. The van der Waals surface area contributed by atoms with E-state index in [1.54, 1.807) is 23.3 Å². The van der Waals surface area contributed by atoms with Crippen LogP contribution in [0.1, 0.15) is 37.0 Å². The lowest BCUT2D eigenvalue weighted by molar-refractivity contribution is -0.142. The van der Waals surface area contributed by atoms with Gasteiger partial charge in [0.1, 0.15) is 11.6 Å². The summed E-state index contributed by atoms with van der Waals surface area (Å²) in [6.45, 7) is 0.347. The van der Waals surface area contributed by atoms with Crippen LogP contribution in [0.3, 0.4) is 0 Å². The molecule has 1 aromatic heterocycles. The highest BCUT2D eigenvalue weighted by Crippen LogP contribution is 2.55. The van der Waals surface area contributed by atoms with Crippen LogP contribution in [0.2, 0.25) is 0 Å². The predicted octanol–water partition coefficient (Wildman–Crippen LogP) is 1.59. The van der Waals surface area contributed by atoms with Gasteiger partial charge in [-0.3, -0.25) is 14.4 Å². The molecule has 0 unspecified atom stereocenters. The zero-order chi connectivity index (χ0) is 20.9. The van der Waals surface area contributed by atoms with Crippen molar-refractivity contribution in [3.63, 3.8) is 0 Å². The van der Waals surface area contributed by atoms with E-state index in [9.17, 15) is 14.4 Å². The van der Waals surface area contributed by atoms with Crippen molar-refractivity contribution in [2.45, 2.75) is 62.4 Å². The second-order valence-corrected chi connectivity index (χ2v) is 9.74. The molecule has 0 radical (unpaired) electrons. The molecule has 1 aliphatic carbocycles. The normalized spacial score (nSPS) is 35.0. The largest absolute Gasteiger partial charge is 0.359 e. The zero-order valence-corrected chi connectivity index (χ0v) is 17.8. The lowest BCUT2D eigenvalue weighted by Gasteiger charge is -2.34. The average molecular weight is 430 g/mol. The topological polar surface area (TPSA) is 87.7 Å². The van der Waals surface area contributed by atoms with Gasteiger partial charge in [0, 0.05) is 18.0 Å². The van der Waals surface area contributed by atoms with Crippen molar-refractivity contribution in [3.8, 4) is 0 Å². The first-order chi connectivity index (χ1) is 14.5. The second-order valence-electron chi connectivity index (χ2n) is 8.70. The summed E-state index contributed by atoms with van der Waals surface area (Å²) in [5.41, 5.74) is -1.07. The van der Waals surface area contributed by atoms with E-state index in [2.05, 4.69) is 10.6 Å². The molecule has 1 saturated carbocycles. The number of hydrogen-bond donors (Lipinski definition) is 2. The van der Waals surface area contributed by atoms with E-state index < -0.39 is 29.6 Å². The van der Waals surface area contributed by atoms with Crippen molar-refractivity contribution < 1.29 is 19.1 Å². The summed E-state index contributed by atoms with van der Waals surface area (Å²) in [7, 11) is 1.57. The number of thiophene rings is 1. The number of carbonyl (C=O) groups excluding carboxylic acids is 3. The molecule has 2 bridgehead atoms. The minimum atomic E-state index is -1.07. The molecule has 3 fully saturated rings. The van der Waals surface area contributed by atoms with Crippen molar-refractivity contribution in [1.82, 2.24) is 15.5 Å². The van der Waals surface area contributed by atoms with Crippen LogP contribution in [0.5, 0.6) is 0 Å². The first-order valence-corrected chi connectivity index (χ1v) is 11.6. The van der Waals surface area contributed by atoms with Gasteiger partial charge in [0.05, 0.1) is 24.5 Å². The Kier molecular flexibility index (Phi) is 4.94. The smallest absolute Gasteiger partial charge is 0.246 e. The fraction of sp³-hybridized carbons (Fsp3) is 0.591. The van der Waals surface area contributed by atoms with Crippen LogP contribution in [-0.2, 0) is 25.7 Å². The van der Waals surface area contributed by atoms with Gasteiger partial charge in [-0.2, -0.15) is 0 Å². The molecule has 5 rings (SSSR count). The predicted molar refractivity (Wildman–Crippen MR) is 111 cm³/mol. The SMILES string of the molecule is CNC(=O)[C@@H]1[C@H]2C=C[C@]3(O2)[C@H](C(=O)NC2CCCCC2)N(Cc2cccs2)C(=O)[C@@H]13. The third-order valence-corrected chi connectivity index (χ3v) is 7.89. The molecule has 2 saturated heterocycles. The molecule has 4 heterocycles. The van der Waals surface area contributed by atoms with Crippen LogP contribution in [-0.4, -0.2) is 53.5 Å². The van der Waals surface area contributed by atoms with Crippen molar-refractivity contribution in [3.05, 3.63) is 34.5 Å². The highest BCUT2D eigenvalue weighted by Gasteiger charge is 2.72. The minimum Gasteiger partial charge on any atom is -0.359 e. The summed E-state index contributed by atoms with van der Waals surface area (Å²) < 4.78 is 6.27. The zero-order valence-electron chi connectivity index (χ0n) is 17.0. The Hall–Kier alpha value is -2.19. The van der Waals surface area contributed by atoms with Gasteiger partial charge in [0.2, 0.25) is 17.7 Å². The first-order valence-electron chi connectivity index (χ1n) is 10.8. The van der Waals surface area contributed by atoms with E-state index in [0.29, 0.717) is 6.54 Å². The number of nitrogens with one attached hydrogen (secondary N) is 2. The number of amides is 3. The Labute approximate surface area is 179 Å². The molecule has 4 aliphatic rings. The van der Waals surface area contributed by atoms with Crippen LogP contribution >= 0.6 is 11.3 Å². The van der Waals surface area contributed by atoms with Crippen molar-refractivity contribution in [1.29, 1.82) is 0 Å². The van der Waals surface area contributed by atoms with Gasteiger partial charge in [-0.1, -0.05) is 37.5 Å². The van der Waals surface area contributed by atoms with E-state index in [0.717, 1.165) is 30.6 Å². The number of nitrogens with zero attached hydrogens (tertiary/aromatic N) is 1. The number of rotatable bonds is 5. The number of carbonyl (C=O) groups is 3. The highest BCUT2D eigenvalue weighted by molar-refractivity contribution is 7.09. The highest BCUT2D eigenvalue weighted by atomic mass is 32.1. The maximum atomic E-state index is 13.6. The fourth-order valence-electron chi connectivity index (χ4n) is 5.70. The summed E-state index contributed by atoms with van der Waals surface area (Å²) in [6.07, 6.45) is 8.59. The molecule has 5 atom stereocenters. The third-order valence-electron chi connectivity index (χ3n) is 7.03. The van der Waals surface area contributed by atoms with Crippen LogP contribution in [0.25, 0.3) is 0 Å². The van der Waals surface area contributed by atoms with Gasteiger partial charge >= 0.3 is 0 Å². The summed E-state index contributed by atoms with van der Waals surface area (Å²) >= 11 is 1.55. The number of ether oxygens (including phenoxy) is 1. The van der Waals surface area contributed by atoms with Crippen molar-refractivity contribution in [2.24, 2.45) is 11.8 Å². The molecule has 160 valence electrons. The number of hydrogen-bond acceptors (Lipinski definition) is 5. The van der Waals surface area contributed by atoms with Crippen molar-refractivity contribution >= 4 is 29.1 Å². The molecular formula is C22H27N3O4S. The Morgan fingerprint density at radius 3 is 2.77 bits per heavy atom. The fourth-order valence-corrected chi connectivity index (χ4v) is 6.40. The van der Waals surface area contributed by atoms with E-state index in [1.807, 2.05) is 29.7 Å². The summed E-state index contributed by atoms with van der Waals surface area (Å²) in [6, 6.07) is 3.27. The van der Waals surface area contributed by atoms with Crippen LogP contribution in [0.4, 0.5) is 0 Å². The van der Waals surface area contributed by atoms with E-state index >= 15 is 0 Å². The molecule has 8 heteroatoms. The molecule has 3 amide bonds. The molecule has 0 aromatic carbocycles. The lowest BCUT2D eigenvalue weighted by Crippen LogP contribution is -2.56. The Morgan fingerprint density at radius 1 is 1.27 bits per heavy atom. The Morgan fingerprint density at radius 2 is 2.07 bits per heavy atom. The summed E-state index contributed by atoms with van der Waals surface area (Å²) in [5.74, 6) is -1.83. The van der Waals surface area contributed by atoms with E-state index in [1.165, 1.54) is 6.42 Å². The standard InChI is InChI=1S/C22H27N3O4S/c1-23-19(26)16-15-9-10-22(29-15)17(16)21(28)25(12-14-8-5-11-30-14)18(22)20(27)24-13-6-3-2-4-7-13/h5,8-11,13,15-18H,2-4,6-7,12H2,1H3,(H,23,26)(H,24,27)/t15-,16-,17-,18+,22-/m1/s1. The van der Waals surface area contributed by atoms with Gasteiger partial charge in [0.15, 0.2) is 0 Å². The summed E-state index contributed by atoms with van der Waals surface area (Å²) in [4.78, 5) is 42.4. The summed E-state index contributed by atoms with van der Waals surface area (Å²) in [5, 5.41) is 7.82. The van der Waals surface area contributed by atoms with Gasteiger partial charge in [-0.05, 0) is 24.3 Å². The maximum absolute atomic E-state index is 13.6. The molecule has 7 nitrogen and oxygen atoms in total. The quantitative estimate of drug-likeness (QED) is 0.696. The first kappa shape index (κ1) is 19.8. The Bertz CT molecular complexity index is 879. The second kappa shape index (κ2) is 7.50. The minimum absolute atomic E-state index is 0.137. The molecular weight excluding hydrogens is 402 g/mol. The number of likely N-dealkylation sites (tertiary alicyclic amines) is 1. The number of fused-ring (bicyclic) bond motifs is 1. The maximum Gasteiger partial charge on any atom is 0.246 e. The lowest BCUT2D eigenvalue weighted by atomic mass is 9.74. The molecule has 3 aliphatic heterocycles. The molecule has 1 spiro atoms. The van der Waals surface area contributed by atoms with Gasteiger partial charge in [-0.25, -0.2) is 0 Å². The van der Waals surface area contributed by atoms with Gasteiger partial charge in [-0.15, -0.1) is 11.3 Å². The van der Waals surface area contributed by atoms with E-state index in [-0.39, 0.29) is 23.8 Å². The monoisotopic (exact) mass is 429 g/mol. The van der Waals surface area contributed by atoms with Crippen LogP contribution in [0.15, 0.2) is 29.7 Å². The van der Waals surface area contributed by atoms with Gasteiger partial charge in [0.25, 0.3) is 0 Å². The Balaban J connectivity index is 1.49. The third kappa shape index (κ3) is 2.92. The van der Waals surface area contributed by atoms with Gasteiger partial charge < -0.3 is 20.3 Å². The molecule has 30 heavy (non-hydrogen) atoms. The van der Waals surface area contributed by atoms with Crippen molar-refractivity contribution in [2.75, 3.05) is 7.05 Å². The van der Waals surface area contributed by atoms with Crippen LogP contribution in [0, 0.1) is 11.8 Å². The molecule has 1 aromatic rings. The molecule has 2 N–H and O–H groups in total. The van der Waals surface area contributed by atoms with E-state index in [4.69, 9.17) is 4.74 Å². The van der Waals surface area contributed by atoms with Crippen LogP contribution < -0.4 is 10.6 Å².